The lowest BCUT2D eigenvalue weighted by Gasteiger charge is -1.96. The third-order valence-electron chi connectivity index (χ3n) is 0.854. The molecular formula is C4H10O7P2+2. The van der Waals surface area contributed by atoms with Gasteiger partial charge in [0.15, 0.2) is 0 Å². The highest BCUT2D eigenvalue weighted by Gasteiger charge is 2.34. The summed E-state index contributed by atoms with van der Waals surface area (Å²) in [7, 11) is -2.44. The Balaban J connectivity index is 3.89. The van der Waals surface area contributed by atoms with Gasteiger partial charge in [0.1, 0.15) is 6.61 Å². The summed E-state index contributed by atoms with van der Waals surface area (Å²) in [6.07, 6.45) is -1.29. The molecule has 0 aliphatic rings. The van der Waals surface area contributed by atoms with Gasteiger partial charge >= 0.3 is 16.5 Å². The largest absolute Gasteiger partial charge is 0.700 e. The Morgan fingerprint density at radius 3 is 1.77 bits per heavy atom. The molecule has 0 aromatic heterocycles. The average molecular weight is 232 g/mol. The van der Waals surface area contributed by atoms with Crippen molar-refractivity contribution in [1.82, 2.24) is 0 Å². The molecule has 0 aliphatic heterocycles. The van der Waals surface area contributed by atoms with E-state index in [0.717, 1.165) is 14.2 Å². The lowest BCUT2D eigenvalue weighted by molar-refractivity contribution is -0.0401. The Morgan fingerprint density at radius 2 is 1.54 bits per heavy atom. The van der Waals surface area contributed by atoms with Crippen LogP contribution in [0.25, 0.3) is 0 Å². The molecule has 13 heavy (non-hydrogen) atoms. The van der Waals surface area contributed by atoms with Gasteiger partial charge in [0.2, 0.25) is 0 Å². The van der Waals surface area contributed by atoms with Gasteiger partial charge in [0.05, 0.1) is 14.2 Å². The molecule has 0 heterocycles. The molecule has 0 bridgehead atoms. The topological polar surface area (TPSA) is 91.3 Å². The SMILES string of the molecule is CO[P+](=O)OC(CO)O[P+](=O)OC. The van der Waals surface area contributed by atoms with E-state index in [1.165, 1.54) is 0 Å². The van der Waals surface area contributed by atoms with E-state index in [1.807, 2.05) is 0 Å². The smallest absolute Gasteiger partial charge is 0.391 e. The third kappa shape index (κ3) is 6.12. The maximum Gasteiger partial charge on any atom is 0.700 e. The first-order valence-corrected chi connectivity index (χ1v) is 5.30. The third-order valence-corrected chi connectivity index (χ3v) is 2.27. The molecule has 0 amide bonds. The van der Waals surface area contributed by atoms with Crippen LogP contribution in [-0.4, -0.2) is 32.2 Å². The summed E-state index contributed by atoms with van der Waals surface area (Å²) in [6, 6.07) is 0. The van der Waals surface area contributed by atoms with Gasteiger partial charge in [0.25, 0.3) is 6.29 Å². The standard InChI is InChI=1S/C4H10O7P2/c1-8-12(6)10-4(3-5)11-13(7)9-2/h4-5H,3H2,1-2H3/q+2. The van der Waals surface area contributed by atoms with E-state index in [-0.39, 0.29) is 0 Å². The van der Waals surface area contributed by atoms with Gasteiger partial charge in [-0.3, -0.25) is 0 Å². The highest BCUT2D eigenvalue weighted by Crippen LogP contribution is 2.31. The van der Waals surface area contributed by atoms with Crippen molar-refractivity contribution in [3.05, 3.63) is 0 Å². The normalized spacial score (nSPS) is 15.3. The van der Waals surface area contributed by atoms with Crippen LogP contribution in [0.1, 0.15) is 0 Å². The first-order chi connectivity index (χ1) is 6.13. The second-order valence-corrected chi connectivity index (χ2v) is 3.68. The highest BCUT2D eigenvalue weighted by atomic mass is 31.1. The van der Waals surface area contributed by atoms with Crippen molar-refractivity contribution in [2.75, 3.05) is 20.8 Å². The molecule has 0 saturated heterocycles. The Labute approximate surface area is 76.8 Å². The molecule has 2 atom stereocenters. The molecule has 1 N–H and O–H groups in total. The molecule has 7 nitrogen and oxygen atoms in total. The molecule has 0 aromatic carbocycles. The quantitative estimate of drug-likeness (QED) is 0.515. The van der Waals surface area contributed by atoms with Gasteiger partial charge < -0.3 is 5.11 Å². The van der Waals surface area contributed by atoms with Gasteiger partial charge in [-0.25, -0.2) is 0 Å². The minimum Gasteiger partial charge on any atom is -0.391 e. The minimum atomic E-state index is -2.38. The highest BCUT2D eigenvalue weighted by molar-refractivity contribution is 7.34. The molecule has 9 heteroatoms. The molecule has 0 spiro atoms. The van der Waals surface area contributed by atoms with Crippen molar-refractivity contribution < 1.29 is 32.3 Å². The molecule has 0 saturated carbocycles. The number of hydrogen-bond donors (Lipinski definition) is 1. The van der Waals surface area contributed by atoms with Crippen molar-refractivity contribution >= 4 is 16.5 Å². The lowest BCUT2D eigenvalue weighted by Crippen LogP contribution is -2.15. The minimum absolute atomic E-state index is 0.602. The number of aliphatic hydroxyl groups is 1. The van der Waals surface area contributed by atoms with Gasteiger partial charge in [-0.1, -0.05) is 9.05 Å². The summed E-state index contributed by atoms with van der Waals surface area (Å²) in [5.74, 6) is 0. The summed E-state index contributed by atoms with van der Waals surface area (Å²) in [4.78, 5) is 0. The molecule has 0 rings (SSSR count). The van der Waals surface area contributed by atoms with Gasteiger partial charge in [-0.15, -0.1) is 9.05 Å². The predicted octanol–water partition coefficient (Wildman–Crippen LogP) is 0.946. The fraction of sp³-hybridized carbons (Fsp3) is 1.00. The van der Waals surface area contributed by atoms with Gasteiger partial charge in [-0.2, -0.15) is 0 Å². The Morgan fingerprint density at radius 1 is 1.15 bits per heavy atom. The molecule has 0 aliphatic carbocycles. The van der Waals surface area contributed by atoms with Crippen LogP contribution in [0.2, 0.25) is 0 Å². The van der Waals surface area contributed by atoms with Crippen LogP contribution in [0.3, 0.4) is 0 Å². The second-order valence-electron chi connectivity index (χ2n) is 1.64. The van der Waals surface area contributed by atoms with E-state index in [4.69, 9.17) is 5.11 Å². The molecule has 2 unspecified atom stereocenters. The molecule has 0 aromatic rings. The maximum atomic E-state index is 10.6. The Bertz CT molecular complexity index is 165. The zero-order valence-electron chi connectivity index (χ0n) is 7.08. The van der Waals surface area contributed by atoms with E-state index in [0.29, 0.717) is 0 Å². The fourth-order valence-electron chi connectivity index (χ4n) is 0.364. The van der Waals surface area contributed by atoms with Gasteiger partial charge in [-0.05, 0) is 0 Å². The van der Waals surface area contributed by atoms with Crippen LogP contribution in [0, 0.1) is 0 Å². The zero-order valence-corrected chi connectivity index (χ0v) is 8.86. The van der Waals surface area contributed by atoms with E-state index in [2.05, 4.69) is 18.1 Å². The van der Waals surface area contributed by atoms with Crippen LogP contribution < -0.4 is 0 Å². The van der Waals surface area contributed by atoms with Crippen molar-refractivity contribution in [3.8, 4) is 0 Å². The average Bonchev–Trinajstić information content (AvgIpc) is 2.16. The number of hydrogen-bond acceptors (Lipinski definition) is 7. The summed E-state index contributed by atoms with van der Waals surface area (Å²) in [6.45, 7) is -0.602. The molecular weight excluding hydrogens is 222 g/mol. The fourth-order valence-corrected chi connectivity index (χ4v) is 1.21. The van der Waals surface area contributed by atoms with Crippen molar-refractivity contribution in [2.24, 2.45) is 0 Å². The van der Waals surface area contributed by atoms with Crippen molar-refractivity contribution in [1.29, 1.82) is 0 Å². The maximum absolute atomic E-state index is 10.6. The second kappa shape index (κ2) is 7.41. The van der Waals surface area contributed by atoms with E-state index < -0.39 is 29.4 Å². The van der Waals surface area contributed by atoms with Crippen molar-refractivity contribution in [2.45, 2.75) is 6.29 Å². The summed E-state index contributed by atoms with van der Waals surface area (Å²) in [5.41, 5.74) is 0. The van der Waals surface area contributed by atoms with Crippen LogP contribution in [0.5, 0.6) is 0 Å². The lowest BCUT2D eigenvalue weighted by atomic mass is 10.7. The van der Waals surface area contributed by atoms with E-state index in [9.17, 15) is 9.13 Å². The Kier molecular flexibility index (Phi) is 7.41. The first kappa shape index (κ1) is 13.0. The van der Waals surface area contributed by atoms with Crippen LogP contribution >= 0.6 is 16.5 Å². The van der Waals surface area contributed by atoms with Crippen LogP contribution in [-0.2, 0) is 27.2 Å². The number of rotatable bonds is 7. The monoisotopic (exact) mass is 232 g/mol. The van der Waals surface area contributed by atoms with Gasteiger partial charge in [0, 0.05) is 9.13 Å². The van der Waals surface area contributed by atoms with Crippen LogP contribution in [0.15, 0.2) is 0 Å². The summed E-state index contributed by atoms with van der Waals surface area (Å²) >= 11 is 0. The van der Waals surface area contributed by atoms with E-state index in [1.54, 1.807) is 0 Å². The number of aliphatic hydroxyl groups excluding tert-OH is 1. The summed E-state index contributed by atoms with van der Waals surface area (Å²) < 4.78 is 38.7. The first-order valence-electron chi connectivity index (χ1n) is 3.11. The van der Waals surface area contributed by atoms with Crippen LogP contribution in [0.4, 0.5) is 0 Å². The zero-order chi connectivity index (χ0) is 10.3. The van der Waals surface area contributed by atoms with Crippen molar-refractivity contribution in [3.63, 3.8) is 0 Å². The summed E-state index contributed by atoms with van der Waals surface area (Å²) in [5, 5.41) is 8.60. The predicted molar refractivity (Wildman–Crippen MR) is 42.3 cm³/mol. The molecule has 76 valence electrons. The molecule has 0 radical (unpaired) electrons. The van der Waals surface area contributed by atoms with E-state index >= 15 is 0 Å². The Hall–Kier alpha value is -0.0000000000000000208. The molecule has 0 fully saturated rings.